The van der Waals surface area contributed by atoms with Crippen LogP contribution in [0.1, 0.15) is 0 Å². The first-order valence-electron chi connectivity index (χ1n) is 5.51. The SMILES string of the molecule is NCCN(CCN(CCNC(=S)S)C(=S)S)C(=S)S.[K]. The Bertz CT molecular complexity index is 330. The molecule has 0 saturated carbocycles. The van der Waals surface area contributed by atoms with Gasteiger partial charge in [-0.15, -0.1) is 37.9 Å². The summed E-state index contributed by atoms with van der Waals surface area (Å²) in [6.07, 6.45) is 0. The van der Waals surface area contributed by atoms with Gasteiger partial charge in [0.1, 0.15) is 13.0 Å². The van der Waals surface area contributed by atoms with Crippen molar-refractivity contribution >= 4 is 139 Å². The molecule has 0 rings (SSSR count). The number of nitrogens with one attached hydrogen (secondary N) is 1. The molecular formula is C9H18KN4S6. The minimum absolute atomic E-state index is 0. The van der Waals surface area contributed by atoms with Crippen LogP contribution in [0.4, 0.5) is 0 Å². The van der Waals surface area contributed by atoms with Crippen molar-refractivity contribution in [3.8, 4) is 0 Å². The van der Waals surface area contributed by atoms with Gasteiger partial charge in [-0.25, -0.2) is 0 Å². The van der Waals surface area contributed by atoms with E-state index in [4.69, 9.17) is 42.4 Å². The number of hydrogen-bond acceptors (Lipinski definition) is 4. The number of hydrogen-bond donors (Lipinski definition) is 5. The van der Waals surface area contributed by atoms with E-state index in [1.54, 1.807) is 0 Å². The fourth-order valence-corrected chi connectivity index (χ4v) is 2.28. The second-order valence-electron chi connectivity index (χ2n) is 3.56. The number of nitrogens with zero attached hydrogens (tertiary/aromatic N) is 2. The third-order valence-corrected chi connectivity index (χ3v) is 3.62. The van der Waals surface area contributed by atoms with Crippen molar-refractivity contribution in [1.82, 2.24) is 15.1 Å². The van der Waals surface area contributed by atoms with E-state index < -0.39 is 0 Å². The van der Waals surface area contributed by atoms with E-state index in [2.05, 4.69) is 43.2 Å². The van der Waals surface area contributed by atoms with Gasteiger partial charge in [-0.2, -0.15) is 0 Å². The Labute approximate surface area is 196 Å². The summed E-state index contributed by atoms with van der Waals surface area (Å²) in [6.45, 7) is 3.95. The summed E-state index contributed by atoms with van der Waals surface area (Å²) in [5, 5.41) is 2.95. The number of thiocarbonyl (C=S) groups is 3. The predicted molar refractivity (Wildman–Crippen MR) is 111 cm³/mol. The molecular weight excluding hydrogens is 396 g/mol. The van der Waals surface area contributed by atoms with E-state index in [1.807, 2.05) is 9.80 Å². The zero-order chi connectivity index (χ0) is 14.8. The molecule has 0 unspecified atom stereocenters. The van der Waals surface area contributed by atoms with E-state index in [-0.39, 0.29) is 51.4 Å². The summed E-state index contributed by atoms with van der Waals surface area (Å²) in [5.74, 6) is 0. The van der Waals surface area contributed by atoms with Gasteiger partial charge in [0.25, 0.3) is 0 Å². The van der Waals surface area contributed by atoms with E-state index >= 15 is 0 Å². The largest absolute Gasteiger partial charge is 0.369 e. The van der Waals surface area contributed by atoms with Gasteiger partial charge in [-0.3, -0.25) is 0 Å². The zero-order valence-electron chi connectivity index (χ0n) is 11.3. The van der Waals surface area contributed by atoms with Crippen LogP contribution in [0.3, 0.4) is 0 Å². The van der Waals surface area contributed by atoms with E-state index in [1.165, 1.54) is 0 Å². The molecule has 3 N–H and O–H groups in total. The van der Waals surface area contributed by atoms with Crippen LogP contribution < -0.4 is 11.1 Å². The van der Waals surface area contributed by atoms with E-state index in [0.717, 1.165) is 0 Å². The monoisotopic (exact) mass is 413 g/mol. The minimum atomic E-state index is 0. The van der Waals surface area contributed by atoms with Gasteiger partial charge in [-0.05, 0) is 0 Å². The first kappa shape index (κ1) is 24.6. The van der Waals surface area contributed by atoms with Crippen molar-refractivity contribution in [2.24, 2.45) is 5.73 Å². The molecule has 0 aliphatic carbocycles. The summed E-state index contributed by atoms with van der Waals surface area (Å²) in [7, 11) is 0. The standard InChI is InChI=1S/C9H18N4S6.K/c10-1-3-12(8(16)17)5-6-13(9(18)19)4-2-11-7(14)15;/h1-6,10H2,(H,16,17)(H,18,19)(H2,11,14,15);. The van der Waals surface area contributed by atoms with Crippen LogP contribution >= 0.6 is 74.5 Å². The molecule has 1 radical (unpaired) electrons. The molecule has 0 aromatic heterocycles. The molecule has 11 heteroatoms. The van der Waals surface area contributed by atoms with Gasteiger partial charge >= 0.3 is 0 Å². The number of thiol groups is 3. The molecule has 0 fully saturated rings. The molecule has 0 aliphatic heterocycles. The average Bonchev–Trinajstić information content (AvgIpc) is 2.30. The van der Waals surface area contributed by atoms with Crippen LogP contribution in [0.15, 0.2) is 0 Å². The maximum atomic E-state index is 5.52. The Kier molecular flexibility index (Phi) is 18.3. The summed E-state index contributed by atoms with van der Waals surface area (Å²) in [6, 6.07) is 0. The molecule has 0 atom stereocenters. The van der Waals surface area contributed by atoms with Crippen LogP contribution in [0, 0.1) is 0 Å². The van der Waals surface area contributed by atoms with Gasteiger partial charge in [0.05, 0.1) is 0 Å². The summed E-state index contributed by atoms with van der Waals surface area (Å²) >= 11 is 27.3. The summed E-state index contributed by atoms with van der Waals surface area (Å²) < 4.78 is 1.53. The van der Waals surface area contributed by atoms with Gasteiger partial charge < -0.3 is 20.9 Å². The smallest absolute Gasteiger partial charge is 0.133 e. The average molecular weight is 414 g/mol. The Morgan fingerprint density at radius 2 is 1.35 bits per heavy atom. The number of nitrogens with two attached hydrogens (primary N) is 1. The quantitative estimate of drug-likeness (QED) is 0.224. The van der Waals surface area contributed by atoms with Crippen molar-refractivity contribution < 1.29 is 0 Å². The molecule has 0 bridgehead atoms. The Morgan fingerprint density at radius 3 is 1.70 bits per heavy atom. The molecule has 0 aromatic rings. The van der Waals surface area contributed by atoms with Crippen LogP contribution in [-0.4, -0.2) is 113 Å². The Morgan fingerprint density at radius 1 is 0.900 bits per heavy atom. The number of rotatable bonds is 8. The van der Waals surface area contributed by atoms with Crippen molar-refractivity contribution in [1.29, 1.82) is 0 Å². The normalized spacial score (nSPS) is 9.40. The fourth-order valence-electron chi connectivity index (χ4n) is 1.30. The van der Waals surface area contributed by atoms with Gasteiger partial charge in [-0.1, -0.05) is 36.7 Å². The van der Waals surface area contributed by atoms with Crippen LogP contribution in [0.25, 0.3) is 0 Å². The van der Waals surface area contributed by atoms with Crippen LogP contribution in [-0.2, 0) is 0 Å². The Balaban J connectivity index is 0. The minimum Gasteiger partial charge on any atom is -0.369 e. The molecule has 111 valence electrons. The maximum absolute atomic E-state index is 5.52. The molecule has 0 aliphatic rings. The molecule has 0 aromatic carbocycles. The summed E-state index contributed by atoms with van der Waals surface area (Å²) in [5.41, 5.74) is 5.52. The molecule has 0 saturated heterocycles. The summed E-state index contributed by atoms with van der Waals surface area (Å²) in [4.78, 5) is 3.88. The van der Waals surface area contributed by atoms with Crippen molar-refractivity contribution in [3.63, 3.8) is 0 Å². The maximum Gasteiger partial charge on any atom is 0.133 e. The fraction of sp³-hybridized carbons (Fsp3) is 0.667. The van der Waals surface area contributed by atoms with Crippen molar-refractivity contribution in [2.75, 3.05) is 39.3 Å². The molecule has 20 heavy (non-hydrogen) atoms. The molecule has 0 spiro atoms. The Hall–Kier alpha value is 2.32. The second kappa shape index (κ2) is 14.9. The topological polar surface area (TPSA) is 44.5 Å². The van der Waals surface area contributed by atoms with E-state index in [0.29, 0.717) is 52.2 Å². The van der Waals surface area contributed by atoms with Crippen LogP contribution in [0.2, 0.25) is 0 Å². The molecule has 0 heterocycles. The van der Waals surface area contributed by atoms with Crippen molar-refractivity contribution in [3.05, 3.63) is 0 Å². The van der Waals surface area contributed by atoms with Gasteiger partial charge in [0.2, 0.25) is 0 Å². The molecule has 4 nitrogen and oxygen atoms in total. The predicted octanol–water partition coefficient (Wildman–Crippen LogP) is 0.402. The zero-order valence-corrected chi connectivity index (χ0v) is 19.5. The third-order valence-electron chi connectivity index (χ3n) is 2.24. The van der Waals surface area contributed by atoms with E-state index in [9.17, 15) is 0 Å². The molecule has 0 amide bonds. The second-order valence-corrected chi connectivity index (χ2v) is 6.94. The van der Waals surface area contributed by atoms with Gasteiger partial charge in [0, 0.05) is 90.7 Å². The third kappa shape index (κ3) is 12.8. The van der Waals surface area contributed by atoms with Crippen molar-refractivity contribution in [2.45, 2.75) is 0 Å². The first-order chi connectivity index (χ1) is 8.88. The first-order valence-corrected chi connectivity index (χ1v) is 8.07. The van der Waals surface area contributed by atoms with Crippen LogP contribution in [0.5, 0.6) is 0 Å². The van der Waals surface area contributed by atoms with Gasteiger partial charge in [0.15, 0.2) is 0 Å².